The summed E-state index contributed by atoms with van der Waals surface area (Å²) in [6, 6.07) is 0. The minimum Gasteiger partial charge on any atom is -0.359 e. The van der Waals surface area contributed by atoms with Gasteiger partial charge in [-0.15, -0.1) is 0 Å². The molecule has 0 aliphatic carbocycles. The zero-order valence-electron chi connectivity index (χ0n) is 8.22. The summed E-state index contributed by atoms with van der Waals surface area (Å²) in [4.78, 5) is 6.68. The number of likely N-dealkylation sites (N-methyl/N-ethyl adjacent to an activating group) is 1. The molecule has 0 bridgehead atoms. The average Bonchev–Trinajstić information content (AvgIpc) is 2.54. The van der Waals surface area contributed by atoms with E-state index in [0.29, 0.717) is 0 Å². The molecule has 1 rings (SSSR count). The molecule has 1 heterocycles. The van der Waals surface area contributed by atoms with Crippen LogP contribution in [0.4, 0.5) is 0 Å². The Hall–Kier alpha value is -0.530. The van der Waals surface area contributed by atoms with E-state index >= 15 is 0 Å². The Morgan fingerprint density at radius 3 is 2.36 bits per heavy atom. The van der Waals surface area contributed by atoms with Crippen molar-refractivity contribution in [3.8, 4) is 0 Å². The predicted octanol–water partition coefficient (Wildman–Crippen LogP) is 2.16. The van der Waals surface area contributed by atoms with E-state index in [-0.39, 0.29) is 0 Å². The fraction of sp³-hybridized carbons (Fsp3) is 0.889. The van der Waals surface area contributed by atoms with Crippen LogP contribution in [0, 0.1) is 0 Å². The summed E-state index contributed by atoms with van der Waals surface area (Å²) in [6.45, 7) is 11.6. The summed E-state index contributed by atoms with van der Waals surface area (Å²) < 4.78 is 0. The van der Waals surface area contributed by atoms with Crippen LogP contribution in [-0.2, 0) is 0 Å². The molecule has 0 N–H and O–H groups in total. The van der Waals surface area contributed by atoms with Crippen LogP contribution in [0.15, 0.2) is 4.99 Å². The second kappa shape index (κ2) is 6.20. The molecule has 0 radical (unpaired) electrons. The van der Waals surface area contributed by atoms with Crippen molar-refractivity contribution >= 4 is 5.84 Å². The first kappa shape index (κ1) is 10.5. The Bertz CT molecular complexity index is 119. The molecule has 0 fully saturated rings. The first-order valence-electron chi connectivity index (χ1n) is 4.66. The molecule has 1 aliphatic heterocycles. The largest absolute Gasteiger partial charge is 0.359 e. The van der Waals surface area contributed by atoms with E-state index in [9.17, 15) is 0 Å². The van der Waals surface area contributed by atoms with Gasteiger partial charge in [-0.1, -0.05) is 20.8 Å². The average molecular weight is 156 g/mol. The maximum Gasteiger partial charge on any atom is 0.0987 e. The van der Waals surface area contributed by atoms with Gasteiger partial charge in [0.2, 0.25) is 0 Å². The van der Waals surface area contributed by atoms with Crippen molar-refractivity contribution in [2.24, 2.45) is 4.99 Å². The number of rotatable bonds is 2. The SMILES string of the molecule is CC.CCC1=NCCN1CC. The van der Waals surface area contributed by atoms with Crippen LogP contribution in [0.5, 0.6) is 0 Å². The standard InChI is InChI=1S/C7H14N2.C2H6/c1-3-7-8-5-6-9(7)4-2;1-2/h3-6H2,1-2H3;1-2H3. The van der Waals surface area contributed by atoms with Crippen molar-refractivity contribution in [3.05, 3.63) is 0 Å². The smallest absolute Gasteiger partial charge is 0.0987 e. The zero-order chi connectivity index (χ0) is 8.69. The lowest BCUT2D eigenvalue weighted by atomic mass is 10.4. The Labute approximate surface area is 70.3 Å². The quantitative estimate of drug-likeness (QED) is 0.598. The van der Waals surface area contributed by atoms with Gasteiger partial charge >= 0.3 is 0 Å². The van der Waals surface area contributed by atoms with E-state index in [0.717, 1.165) is 26.1 Å². The molecule has 66 valence electrons. The van der Waals surface area contributed by atoms with Crippen LogP contribution in [0.2, 0.25) is 0 Å². The fourth-order valence-electron chi connectivity index (χ4n) is 1.20. The van der Waals surface area contributed by atoms with E-state index in [1.807, 2.05) is 13.8 Å². The Balaban J connectivity index is 0.000000461. The van der Waals surface area contributed by atoms with E-state index in [1.54, 1.807) is 0 Å². The minimum absolute atomic E-state index is 1.01. The van der Waals surface area contributed by atoms with Crippen LogP contribution >= 0.6 is 0 Å². The topological polar surface area (TPSA) is 15.6 Å². The first-order valence-corrected chi connectivity index (χ1v) is 4.66. The minimum atomic E-state index is 1.01. The van der Waals surface area contributed by atoms with E-state index in [4.69, 9.17) is 0 Å². The van der Waals surface area contributed by atoms with Gasteiger partial charge in [-0.25, -0.2) is 0 Å². The third-order valence-corrected chi connectivity index (χ3v) is 1.73. The molecule has 0 spiro atoms. The van der Waals surface area contributed by atoms with Gasteiger partial charge in [0.15, 0.2) is 0 Å². The van der Waals surface area contributed by atoms with Gasteiger partial charge in [0.25, 0.3) is 0 Å². The summed E-state index contributed by atoms with van der Waals surface area (Å²) in [5.74, 6) is 1.29. The number of amidine groups is 1. The summed E-state index contributed by atoms with van der Waals surface area (Å²) in [5.41, 5.74) is 0. The van der Waals surface area contributed by atoms with Crippen molar-refractivity contribution in [1.29, 1.82) is 0 Å². The molecular weight excluding hydrogens is 136 g/mol. The van der Waals surface area contributed by atoms with Crippen LogP contribution in [0.1, 0.15) is 34.1 Å². The van der Waals surface area contributed by atoms with Gasteiger partial charge in [0, 0.05) is 19.5 Å². The van der Waals surface area contributed by atoms with Gasteiger partial charge in [0.05, 0.1) is 12.4 Å². The maximum atomic E-state index is 4.35. The number of aliphatic imine (C=N–C) groups is 1. The second-order valence-corrected chi connectivity index (χ2v) is 2.23. The summed E-state index contributed by atoms with van der Waals surface area (Å²) in [7, 11) is 0. The predicted molar refractivity (Wildman–Crippen MR) is 51.2 cm³/mol. The van der Waals surface area contributed by atoms with Crippen LogP contribution in [0.3, 0.4) is 0 Å². The summed E-state index contributed by atoms with van der Waals surface area (Å²) in [5, 5.41) is 0. The highest BCUT2D eigenvalue weighted by Crippen LogP contribution is 2.02. The highest BCUT2D eigenvalue weighted by Gasteiger charge is 2.11. The molecule has 0 amide bonds. The maximum absolute atomic E-state index is 4.35. The molecule has 0 aromatic rings. The molecule has 0 saturated carbocycles. The van der Waals surface area contributed by atoms with Crippen LogP contribution in [-0.4, -0.2) is 30.4 Å². The Morgan fingerprint density at radius 2 is 2.00 bits per heavy atom. The lowest BCUT2D eigenvalue weighted by Gasteiger charge is -2.15. The molecule has 0 saturated heterocycles. The summed E-state index contributed by atoms with van der Waals surface area (Å²) in [6.07, 6.45) is 1.09. The van der Waals surface area contributed by atoms with Gasteiger partial charge in [-0.3, -0.25) is 4.99 Å². The van der Waals surface area contributed by atoms with Crippen molar-refractivity contribution in [2.75, 3.05) is 19.6 Å². The van der Waals surface area contributed by atoms with Gasteiger partial charge < -0.3 is 4.90 Å². The molecule has 11 heavy (non-hydrogen) atoms. The normalized spacial score (nSPS) is 15.6. The second-order valence-electron chi connectivity index (χ2n) is 2.23. The molecular formula is C9H20N2. The number of hydrogen-bond donors (Lipinski definition) is 0. The Morgan fingerprint density at radius 1 is 1.36 bits per heavy atom. The molecule has 0 aromatic heterocycles. The monoisotopic (exact) mass is 156 g/mol. The molecule has 1 aliphatic rings. The van der Waals surface area contributed by atoms with E-state index in [1.165, 1.54) is 5.84 Å². The van der Waals surface area contributed by atoms with Crippen molar-refractivity contribution in [3.63, 3.8) is 0 Å². The van der Waals surface area contributed by atoms with Crippen molar-refractivity contribution in [2.45, 2.75) is 34.1 Å². The highest BCUT2D eigenvalue weighted by molar-refractivity contribution is 5.83. The van der Waals surface area contributed by atoms with Gasteiger partial charge in [-0.05, 0) is 6.92 Å². The molecule has 2 nitrogen and oxygen atoms in total. The van der Waals surface area contributed by atoms with Crippen LogP contribution in [0.25, 0.3) is 0 Å². The zero-order valence-corrected chi connectivity index (χ0v) is 8.22. The molecule has 2 heteroatoms. The van der Waals surface area contributed by atoms with Crippen molar-refractivity contribution < 1.29 is 0 Å². The van der Waals surface area contributed by atoms with E-state index in [2.05, 4.69) is 23.7 Å². The van der Waals surface area contributed by atoms with Gasteiger partial charge in [-0.2, -0.15) is 0 Å². The van der Waals surface area contributed by atoms with Gasteiger partial charge in [0.1, 0.15) is 0 Å². The van der Waals surface area contributed by atoms with Crippen molar-refractivity contribution in [1.82, 2.24) is 4.90 Å². The van der Waals surface area contributed by atoms with E-state index < -0.39 is 0 Å². The number of hydrogen-bond acceptors (Lipinski definition) is 2. The third kappa shape index (κ3) is 2.91. The highest BCUT2D eigenvalue weighted by atomic mass is 15.2. The number of nitrogens with zero attached hydrogens (tertiary/aromatic N) is 2. The lowest BCUT2D eigenvalue weighted by Crippen LogP contribution is -2.26. The molecule has 0 atom stereocenters. The third-order valence-electron chi connectivity index (χ3n) is 1.73. The van der Waals surface area contributed by atoms with Crippen LogP contribution < -0.4 is 0 Å². The lowest BCUT2D eigenvalue weighted by molar-refractivity contribution is 0.476. The fourth-order valence-corrected chi connectivity index (χ4v) is 1.20. The summed E-state index contributed by atoms with van der Waals surface area (Å²) >= 11 is 0. The Kier molecular flexibility index (Phi) is 5.90. The first-order chi connectivity index (χ1) is 5.38. The molecule has 0 unspecified atom stereocenters. The molecule has 0 aromatic carbocycles.